The van der Waals surface area contributed by atoms with E-state index in [4.69, 9.17) is 9.84 Å². The maximum Gasteiger partial charge on any atom is 0.0799 e. The zero-order chi connectivity index (χ0) is 5.98. The fraction of sp³-hybridized carbons (Fsp3) is 1.00. The number of hydrogen-bond donors (Lipinski definition) is 1. The molecule has 48 valence electrons. The van der Waals surface area contributed by atoms with Crippen LogP contribution >= 0.6 is 0 Å². The lowest BCUT2D eigenvalue weighted by molar-refractivity contribution is -0.0380. The molecule has 1 rings (SSSR count). The van der Waals surface area contributed by atoms with Gasteiger partial charge in [-0.15, -0.1) is 0 Å². The molecule has 0 radical (unpaired) electrons. The van der Waals surface area contributed by atoms with Gasteiger partial charge in [-0.25, -0.2) is 0 Å². The van der Waals surface area contributed by atoms with Crippen LogP contribution in [0.25, 0.3) is 0 Å². The predicted octanol–water partition coefficient (Wildman–Crippen LogP) is 0.404. The maximum atomic E-state index is 9.05. The van der Waals surface area contributed by atoms with Gasteiger partial charge < -0.3 is 9.84 Å². The summed E-state index contributed by atoms with van der Waals surface area (Å²) in [7, 11) is 0. The number of aliphatic hydroxyl groups is 1. The maximum absolute atomic E-state index is 9.05. The molecule has 0 aromatic carbocycles. The van der Waals surface area contributed by atoms with Gasteiger partial charge in [0.05, 0.1) is 12.7 Å². The summed E-state index contributed by atoms with van der Waals surface area (Å²) < 4.78 is 5.00. The minimum Gasteiger partial charge on any atom is -0.390 e. The van der Waals surface area contributed by atoms with Crippen LogP contribution in [0, 0.1) is 5.92 Å². The van der Waals surface area contributed by atoms with Crippen molar-refractivity contribution < 1.29 is 9.84 Å². The van der Waals surface area contributed by atoms with Crippen LogP contribution in [0.15, 0.2) is 0 Å². The van der Waals surface area contributed by atoms with Crippen molar-refractivity contribution >= 4 is 0 Å². The van der Waals surface area contributed by atoms with Gasteiger partial charge in [-0.1, -0.05) is 6.92 Å². The van der Waals surface area contributed by atoms with E-state index in [9.17, 15) is 0 Å². The Morgan fingerprint density at radius 3 is 2.75 bits per heavy atom. The molecule has 0 bridgehead atoms. The van der Waals surface area contributed by atoms with Gasteiger partial charge >= 0.3 is 0 Å². The standard InChI is InChI=1S/C6H12O2/c1-5-2-3-8-4-6(5)7/h5-7H,2-4H2,1H3/t5-,6-/m0/s1. The van der Waals surface area contributed by atoms with E-state index >= 15 is 0 Å². The molecular formula is C6H12O2. The Bertz CT molecular complexity index is 62.9. The van der Waals surface area contributed by atoms with Crippen LogP contribution in [0.5, 0.6) is 0 Å². The highest BCUT2D eigenvalue weighted by molar-refractivity contribution is 4.67. The van der Waals surface area contributed by atoms with Crippen molar-refractivity contribution in [3.8, 4) is 0 Å². The molecule has 1 aliphatic rings. The second kappa shape index (κ2) is 2.46. The van der Waals surface area contributed by atoms with E-state index in [0.29, 0.717) is 12.5 Å². The van der Waals surface area contributed by atoms with Crippen LogP contribution in [0.2, 0.25) is 0 Å². The van der Waals surface area contributed by atoms with E-state index in [-0.39, 0.29) is 6.10 Å². The van der Waals surface area contributed by atoms with Crippen LogP contribution < -0.4 is 0 Å². The molecular weight excluding hydrogens is 104 g/mol. The van der Waals surface area contributed by atoms with E-state index in [1.54, 1.807) is 0 Å². The molecule has 8 heavy (non-hydrogen) atoms. The predicted molar refractivity (Wildman–Crippen MR) is 30.6 cm³/mol. The smallest absolute Gasteiger partial charge is 0.0799 e. The molecule has 0 aliphatic carbocycles. The normalized spacial score (nSPS) is 39.8. The molecule has 1 fully saturated rings. The van der Waals surface area contributed by atoms with E-state index in [1.165, 1.54) is 0 Å². The molecule has 0 unspecified atom stereocenters. The van der Waals surface area contributed by atoms with Crippen molar-refractivity contribution in [2.45, 2.75) is 19.4 Å². The Kier molecular flexibility index (Phi) is 1.86. The zero-order valence-corrected chi connectivity index (χ0v) is 5.13. The fourth-order valence-electron chi connectivity index (χ4n) is 0.830. The summed E-state index contributed by atoms with van der Waals surface area (Å²) in [5.74, 6) is 0.434. The Morgan fingerprint density at radius 1 is 1.62 bits per heavy atom. The molecule has 1 heterocycles. The summed E-state index contributed by atoms with van der Waals surface area (Å²) >= 11 is 0. The van der Waals surface area contributed by atoms with Crippen LogP contribution in [0.3, 0.4) is 0 Å². The monoisotopic (exact) mass is 116 g/mol. The van der Waals surface area contributed by atoms with Gasteiger partial charge in [0.2, 0.25) is 0 Å². The topological polar surface area (TPSA) is 29.5 Å². The molecule has 1 saturated heterocycles. The van der Waals surface area contributed by atoms with Gasteiger partial charge in [-0.2, -0.15) is 0 Å². The highest BCUT2D eigenvalue weighted by Gasteiger charge is 2.18. The van der Waals surface area contributed by atoms with Gasteiger partial charge in [0.15, 0.2) is 0 Å². The molecule has 0 spiro atoms. The lowest BCUT2D eigenvalue weighted by Gasteiger charge is -2.23. The highest BCUT2D eigenvalue weighted by Crippen LogP contribution is 2.13. The molecule has 2 nitrogen and oxygen atoms in total. The summed E-state index contributed by atoms with van der Waals surface area (Å²) in [5.41, 5.74) is 0. The third kappa shape index (κ3) is 1.20. The number of hydrogen-bond acceptors (Lipinski definition) is 2. The average Bonchev–Trinajstić information content (AvgIpc) is 1.77. The molecule has 0 aromatic heterocycles. The van der Waals surface area contributed by atoms with E-state index < -0.39 is 0 Å². The SMILES string of the molecule is C[C@H]1CCOC[C@@H]1O. The Labute approximate surface area is 49.5 Å². The third-order valence-electron chi connectivity index (χ3n) is 1.66. The van der Waals surface area contributed by atoms with Gasteiger partial charge in [0.25, 0.3) is 0 Å². The Balaban J connectivity index is 2.28. The Morgan fingerprint density at radius 2 is 2.38 bits per heavy atom. The minimum absolute atomic E-state index is 0.219. The lowest BCUT2D eigenvalue weighted by Crippen LogP contribution is -2.29. The zero-order valence-electron chi connectivity index (χ0n) is 5.13. The van der Waals surface area contributed by atoms with Gasteiger partial charge in [0, 0.05) is 6.61 Å². The van der Waals surface area contributed by atoms with Crippen LogP contribution in [0.4, 0.5) is 0 Å². The first kappa shape index (κ1) is 6.05. The summed E-state index contributed by atoms with van der Waals surface area (Å²) in [6.45, 7) is 3.40. The summed E-state index contributed by atoms with van der Waals surface area (Å²) in [6, 6.07) is 0. The first-order valence-corrected chi connectivity index (χ1v) is 3.06. The second-order valence-corrected chi connectivity index (χ2v) is 2.41. The number of rotatable bonds is 0. The van der Waals surface area contributed by atoms with Crippen molar-refractivity contribution in [2.24, 2.45) is 5.92 Å². The van der Waals surface area contributed by atoms with Gasteiger partial charge in [0.1, 0.15) is 0 Å². The summed E-state index contributed by atoms with van der Waals surface area (Å²) in [5, 5.41) is 9.05. The first-order chi connectivity index (χ1) is 3.80. The first-order valence-electron chi connectivity index (χ1n) is 3.06. The van der Waals surface area contributed by atoms with E-state index in [1.807, 2.05) is 6.92 Å². The third-order valence-corrected chi connectivity index (χ3v) is 1.66. The summed E-state index contributed by atoms with van der Waals surface area (Å²) in [4.78, 5) is 0. The van der Waals surface area contributed by atoms with Crippen molar-refractivity contribution in [1.82, 2.24) is 0 Å². The molecule has 1 N–H and O–H groups in total. The average molecular weight is 116 g/mol. The quantitative estimate of drug-likeness (QED) is 0.496. The number of aliphatic hydroxyl groups excluding tert-OH is 1. The van der Waals surface area contributed by atoms with Gasteiger partial charge in [-0.05, 0) is 12.3 Å². The van der Waals surface area contributed by atoms with Crippen LogP contribution in [-0.4, -0.2) is 24.4 Å². The lowest BCUT2D eigenvalue weighted by atomic mass is 10.0. The molecule has 0 saturated carbocycles. The highest BCUT2D eigenvalue weighted by atomic mass is 16.5. The molecule has 1 aliphatic heterocycles. The molecule has 0 aromatic rings. The molecule has 2 atom stereocenters. The molecule has 0 amide bonds. The largest absolute Gasteiger partial charge is 0.390 e. The summed E-state index contributed by atoms with van der Waals surface area (Å²) in [6.07, 6.45) is 0.782. The Hall–Kier alpha value is -0.0800. The van der Waals surface area contributed by atoms with Crippen molar-refractivity contribution in [3.63, 3.8) is 0 Å². The van der Waals surface area contributed by atoms with Gasteiger partial charge in [-0.3, -0.25) is 0 Å². The van der Waals surface area contributed by atoms with Crippen LogP contribution in [0.1, 0.15) is 13.3 Å². The number of ether oxygens (including phenoxy) is 1. The van der Waals surface area contributed by atoms with E-state index in [0.717, 1.165) is 13.0 Å². The second-order valence-electron chi connectivity index (χ2n) is 2.41. The fourth-order valence-corrected chi connectivity index (χ4v) is 0.830. The minimum atomic E-state index is -0.219. The van der Waals surface area contributed by atoms with Crippen LogP contribution in [-0.2, 0) is 4.74 Å². The molecule has 2 heteroatoms. The van der Waals surface area contributed by atoms with Crippen molar-refractivity contribution in [3.05, 3.63) is 0 Å². The van der Waals surface area contributed by atoms with Crippen molar-refractivity contribution in [1.29, 1.82) is 0 Å². The van der Waals surface area contributed by atoms with Crippen molar-refractivity contribution in [2.75, 3.05) is 13.2 Å². The van der Waals surface area contributed by atoms with E-state index in [2.05, 4.69) is 0 Å².